The summed E-state index contributed by atoms with van der Waals surface area (Å²) in [6.07, 6.45) is 3.46. The fourth-order valence-electron chi connectivity index (χ4n) is 1.48. The van der Waals surface area contributed by atoms with Gasteiger partial charge in [0.1, 0.15) is 0 Å². The SMILES string of the molecule is S=c1[nH]nc2ccc(-c3ccncc3)nn12. The average Bonchev–Trinajstić information content (AvgIpc) is 2.72. The zero-order chi connectivity index (χ0) is 11.0. The van der Waals surface area contributed by atoms with E-state index in [1.165, 1.54) is 0 Å². The molecular weight excluding hydrogens is 222 g/mol. The maximum Gasteiger partial charge on any atom is 0.216 e. The second-order valence-electron chi connectivity index (χ2n) is 3.25. The van der Waals surface area contributed by atoms with Gasteiger partial charge < -0.3 is 0 Å². The fraction of sp³-hybridized carbons (Fsp3) is 0. The van der Waals surface area contributed by atoms with Gasteiger partial charge in [-0.1, -0.05) is 0 Å². The van der Waals surface area contributed by atoms with Gasteiger partial charge in [0, 0.05) is 18.0 Å². The van der Waals surface area contributed by atoms with E-state index in [1.54, 1.807) is 16.9 Å². The molecule has 0 saturated heterocycles. The normalized spacial score (nSPS) is 10.8. The van der Waals surface area contributed by atoms with Crippen molar-refractivity contribution in [1.82, 2.24) is 24.8 Å². The highest BCUT2D eigenvalue weighted by Gasteiger charge is 2.02. The molecule has 0 aliphatic rings. The predicted molar refractivity (Wildman–Crippen MR) is 61.4 cm³/mol. The third-order valence-electron chi connectivity index (χ3n) is 2.25. The molecule has 0 radical (unpaired) electrons. The van der Waals surface area contributed by atoms with E-state index in [2.05, 4.69) is 20.3 Å². The van der Waals surface area contributed by atoms with Gasteiger partial charge in [-0.3, -0.25) is 4.98 Å². The summed E-state index contributed by atoms with van der Waals surface area (Å²) in [4.78, 5) is 3.97. The number of aromatic nitrogens is 5. The molecule has 16 heavy (non-hydrogen) atoms. The molecule has 0 fully saturated rings. The number of pyridine rings is 1. The van der Waals surface area contributed by atoms with Gasteiger partial charge in [-0.05, 0) is 36.5 Å². The molecule has 3 aromatic rings. The van der Waals surface area contributed by atoms with Gasteiger partial charge in [0.25, 0.3) is 0 Å². The van der Waals surface area contributed by atoms with Gasteiger partial charge in [0.15, 0.2) is 5.65 Å². The molecule has 0 aliphatic heterocycles. The molecule has 3 rings (SSSR count). The Morgan fingerprint density at radius 3 is 2.75 bits per heavy atom. The number of H-pyrrole nitrogens is 1. The van der Waals surface area contributed by atoms with Gasteiger partial charge in [-0.25, -0.2) is 5.10 Å². The van der Waals surface area contributed by atoms with E-state index in [1.807, 2.05) is 24.3 Å². The summed E-state index contributed by atoms with van der Waals surface area (Å²) in [6.45, 7) is 0. The first-order valence-electron chi connectivity index (χ1n) is 4.69. The number of nitrogens with one attached hydrogen (secondary N) is 1. The number of hydrogen-bond acceptors (Lipinski definition) is 4. The number of fused-ring (bicyclic) bond motifs is 1. The molecule has 6 heteroatoms. The van der Waals surface area contributed by atoms with Crippen LogP contribution in [0.1, 0.15) is 0 Å². The smallest absolute Gasteiger partial charge is 0.216 e. The van der Waals surface area contributed by atoms with Gasteiger partial charge in [0.2, 0.25) is 4.77 Å². The van der Waals surface area contributed by atoms with Crippen molar-refractivity contribution in [3.8, 4) is 11.3 Å². The first-order valence-corrected chi connectivity index (χ1v) is 5.10. The van der Waals surface area contributed by atoms with Gasteiger partial charge in [0.05, 0.1) is 5.69 Å². The number of hydrogen-bond donors (Lipinski definition) is 1. The Morgan fingerprint density at radius 2 is 1.94 bits per heavy atom. The molecule has 3 heterocycles. The molecule has 0 unspecified atom stereocenters. The highest BCUT2D eigenvalue weighted by Crippen LogP contribution is 2.15. The van der Waals surface area contributed by atoms with Crippen LogP contribution < -0.4 is 0 Å². The maximum atomic E-state index is 5.07. The lowest BCUT2D eigenvalue weighted by molar-refractivity contribution is 0.915. The van der Waals surface area contributed by atoms with Crippen molar-refractivity contribution in [2.45, 2.75) is 0 Å². The molecular formula is C10H7N5S. The van der Waals surface area contributed by atoms with E-state index >= 15 is 0 Å². The zero-order valence-corrected chi connectivity index (χ0v) is 8.98. The molecule has 5 nitrogen and oxygen atoms in total. The minimum Gasteiger partial charge on any atom is -0.265 e. The maximum absolute atomic E-state index is 5.07. The van der Waals surface area contributed by atoms with Gasteiger partial charge in [-0.2, -0.15) is 14.7 Å². The van der Waals surface area contributed by atoms with Crippen molar-refractivity contribution in [3.63, 3.8) is 0 Å². The third-order valence-corrected chi connectivity index (χ3v) is 2.51. The van der Waals surface area contributed by atoms with Crippen molar-refractivity contribution < 1.29 is 0 Å². The lowest BCUT2D eigenvalue weighted by atomic mass is 10.2. The standard InChI is InChI=1S/C10H7N5S/c16-10-13-12-9-2-1-8(14-15(9)10)7-3-5-11-6-4-7/h1-6H,(H,13,16). The minimum atomic E-state index is 0.492. The Bertz CT molecular complexity index is 685. The fourth-order valence-corrected chi connectivity index (χ4v) is 1.66. The molecule has 3 aromatic heterocycles. The van der Waals surface area contributed by atoms with Crippen LogP contribution >= 0.6 is 12.2 Å². The van der Waals surface area contributed by atoms with Crippen LogP contribution in [0.5, 0.6) is 0 Å². The van der Waals surface area contributed by atoms with E-state index in [0.29, 0.717) is 10.4 Å². The van der Waals surface area contributed by atoms with Crippen LogP contribution in [0.4, 0.5) is 0 Å². The first kappa shape index (κ1) is 9.17. The molecule has 0 aromatic carbocycles. The summed E-state index contributed by atoms with van der Waals surface area (Å²) in [5.41, 5.74) is 2.55. The summed E-state index contributed by atoms with van der Waals surface area (Å²) in [5, 5.41) is 11.1. The third kappa shape index (κ3) is 1.40. The second-order valence-corrected chi connectivity index (χ2v) is 3.64. The minimum absolute atomic E-state index is 0.492. The predicted octanol–water partition coefficient (Wildman–Crippen LogP) is 1.85. The topological polar surface area (TPSA) is 58.9 Å². The summed E-state index contributed by atoms with van der Waals surface area (Å²) < 4.78 is 2.09. The highest BCUT2D eigenvalue weighted by atomic mass is 32.1. The summed E-state index contributed by atoms with van der Waals surface area (Å²) in [5.74, 6) is 0. The quantitative estimate of drug-likeness (QED) is 0.647. The van der Waals surface area contributed by atoms with Crippen molar-refractivity contribution in [3.05, 3.63) is 41.4 Å². The van der Waals surface area contributed by atoms with E-state index in [9.17, 15) is 0 Å². The Hall–Kier alpha value is -2.08. The van der Waals surface area contributed by atoms with E-state index in [4.69, 9.17) is 12.2 Å². The van der Waals surface area contributed by atoms with Crippen molar-refractivity contribution in [2.24, 2.45) is 0 Å². The Balaban J connectivity index is 2.26. The lowest BCUT2D eigenvalue weighted by Crippen LogP contribution is -1.94. The van der Waals surface area contributed by atoms with E-state index in [-0.39, 0.29) is 0 Å². The van der Waals surface area contributed by atoms with Crippen LogP contribution in [-0.4, -0.2) is 24.8 Å². The molecule has 0 atom stereocenters. The van der Waals surface area contributed by atoms with Crippen LogP contribution in [0.15, 0.2) is 36.7 Å². The Morgan fingerprint density at radius 1 is 1.12 bits per heavy atom. The van der Waals surface area contributed by atoms with Crippen LogP contribution in [0.3, 0.4) is 0 Å². The largest absolute Gasteiger partial charge is 0.265 e. The molecule has 0 spiro atoms. The highest BCUT2D eigenvalue weighted by molar-refractivity contribution is 7.71. The Kier molecular flexibility index (Phi) is 2.00. The van der Waals surface area contributed by atoms with Crippen LogP contribution in [-0.2, 0) is 0 Å². The first-order chi connectivity index (χ1) is 7.84. The van der Waals surface area contributed by atoms with E-state index < -0.39 is 0 Å². The molecule has 78 valence electrons. The van der Waals surface area contributed by atoms with E-state index in [0.717, 1.165) is 11.3 Å². The van der Waals surface area contributed by atoms with Gasteiger partial charge in [-0.15, -0.1) is 0 Å². The molecule has 0 saturated carbocycles. The molecule has 0 amide bonds. The molecule has 0 bridgehead atoms. The summed E-state index contributed by atoms with van der Waals surface area (Å²) >= 11 is 5.07. The van der Waals surface area contributed by atoms with Crippen LogP contribution in [0.2, 0.25) is 0 Å². The second kappa shape index (κ2) is 3.49. The Labute approximate surface area is 95.8 Å². The molecule has 1 N–H and O–H groups in total. The zero-order valence-electron chi connectivity index (χ0n) is 8.16. The van der Waals surface area contributed by atoms with Gasteiger partial charge >= 0.3 is 0 Å². The number of nitrogens with zero attached hydrogens (tertiary/aromatic N) is 4. The number of rotatable bonds is 1. The van der Waals surface area contributed by atoms with Crippen molar-refractivity contribution >= 4 is 17.9 Å². The van der Waals surface area contributed by atoms with Crippen molar-refractivity contribution in [2.75, 3.05) is 0 Å². The van der Waals surface area contributed by atoms with Crippen LogP contribution in [0.25, 0.3) is 16.9 Å². The lowest BCUT2D eigenvalue weighted by Gasteiger charge is -1.99. The average molecular weight is 229 g/mol. The molecule has 0 aliphatic carbocycles. The van der Waals surface area contributed by atoms with Crippen molar-refractivity contribution in [1.29, 1.82) is 0 Å². The summed E-state index contributed by atoms with van der Waals surface area (Å²) in [6, 6.07) is 7.57. The summed E-state index contributed by atoms with van der Waals surface area (Å²) in [7, 11) is 0. The number of aromatic amines is 1. The van der Waals surface area contributed by atoms with Crippen LogP contribution in [0, 0.1) is 4.77 Å². The monoisotopic (exact) mass is 229 g/mol.